The van der Waals surface area contributed by atoms with E-state index in [1.807, 2.05) is 0 Å². The van der Waals surface area contributed by atoms with Gasteiger partial charge in [-0.15, -0.1) is 5.73 Å². The smallest absolute Gasteiger partial charge is 0.0233 e. The van der Waals surface area contributed by atoms with Gasteiger partial charge in [-0.05, 0) is 30.2 Å². The lowest BCUT2D eigenvalue weighted by atomic mass is 10.1. The van der Waals surface area contributed by atoms with Crippen molar-refractivity contribution in [2.75, 3.05) is 0 Å². The number of allylic oxidation sites excluding steroid dienone is 1. The molecule has 0 spiro atoms. The average Bonchev–Trinajstić information content (AvgIpc) is 2.04. The zero-order chi connectivity index (χ0) is 7.68. The minimum atomic E-state index is 1.05. The summed E-state index contributed by atoms with van der Waals surface area (Å²) in [5.74, 6) is 0. The summed E-state index contributed by atoms with van der Waals surface area (Å²) in [4.78, 5) is 0. The Hall–Kier alpha value is -1.26. The number of hydrogen-bond acceptors (Lipinski definition) is 0. The fourth-order valence-electron chi connectivity index (χ4n) is 1.33. The van der Waals surface area contributed by atoms with E-state index in [9.17, 15) is 0 Å². The number of fused-ring (bicyclic) bond motifs is 1. The minimum Gasteiger partial charge on any atom is -0.113 e. The molecule has 11 heavy (non-hydrogen) atoms. The molecule has 1 aliphatic carbocycles. The van der Waals surface area contributed by atoms with Crippen LogP contribution in [-0.2, 0) is 0 Å². The highest BCUT2D eigenvalue weighted by atomic mass is 13.9. The molecular formula is C11H10. The molecule has 0 amide bonds. The lowest BCUT2D eigenvalue weighted by Gasteiger charge is -1.96. The van der Waals surface area contributed by atoms with Gasteiger partial charge in [0, 0.05) is 5.22 Å². The quantitative estimate of drug-likeness (QED) is 0.510. The van der Waals surface area contributed by atoms with E-state index in [4.69, 9.17) is 0 Å². The van der Waals surface area contributed by atoms with Gasteiger partial charge in [-0.2, -0.15) is 0 Å². The van der Waals surface area contributed by atoms with Gasteiger partial charge in [-0.25, -0.2) is 0 Å². The SMILES string of the molecule is CC1=C=c2ccccc2=CC1. The van der Waals surface area contributed by atoms with E-state index in [1.54, 1.807) is 0 Å². The molecule has 1 aliphatic rings. The Balaban J connectivity index is 2.96. The van der Waals surface area contributed by atoms with Gasteiger partial charge in [0.2, 0.25) is 0 Å². The van der Waals surface area contributed by atoms with Crippen LogP contribution >= 0.6 is 0 Å². The second-order valence-corrected chi connectivity index (χ2v) is 2.90. The van der Waals surface area contributed by atoms with Crippen LogP contribution in [0.5, 0.6) is 0 Å². The van der Waals surface area contributed by atoms with Crippen molar-refractivity contribution in [2.45, 2.75) is 13.3 Å². The molecule has 0 nitrogen and oxygen atoms in total. The number of hydrogen-bond donors (Lipinski definition) is 0. The predicted molar refractivity (Wildman–Crippen MR) is 47.4 cm³/mol. The Labute approximate surface area is 66.2 Å². The average molecular weight is 142 g/mol. The van der Waals surface area contributed by atoms with E-state index in [-0.39, 0.29) is 0 Å². The summed E-state index contributed by atoms with van der Waals surface area (Å²) in [7, 11) is 0. The first-order chi connectivity index (χ1) is 5.36. The van der Waals surface area contributed by atoms with Crippen LogP contribution in [0.25, 0.3) is 11.8 Å². The van der Waals surface area contributed by atoms with Gasteiger partial charge >= 0.3 is 0 Å². The molecule has 2 rings (SSSR count). The molecule has 0 unspecified atom stereocenters. The van der Waals surface area contributed by atoms with E-state index in [0.29, 0.717) is 0 Å². The van der Waals surface area contributed by atoms with Crippen LogP contribution in [0, 0.1) is 0 Å². The van der Waals surface area contributed by atoms with Crippen LogP contribution in [0.3, 0.4) is 0 Å². The predicted octanol–water partition coefficient (Wildman–Crippen LogP) is 1.20. The monoisotopic (exact) mass is 142 g/mol. The molecule has 0 bridgehead atoms. The maximum Gasteiger partial charge on any atom is 0.0233 e. The van der Waals surface area contributed by atoms with Crippen LogP contribution in [-0.4, -0.2) is 0 Å². The summed E-state index contributed by atoms with van der Waals surface area (Å²) in [5.41, 5.74) is 4.67. The normalized spacial score (nSPS) is 14.1. The van der Waals surface area contributed by atoms with Crippen LogP contribution in [0.1, 0.15) is 13.3 Å². The molecule has 54 valence electrons. The summed E-state index contributed by atoms with van der Waals surface area (Å²) in [6.45, 7) is 2.12. The standard InChI is InChI=1S/C11H10/c1-9-6-7-10-4-2-3-5-11(10)8-9/h2-5,7H,6H2,1H3. The third-order valence-electron chi connectivity index (χ3n) is 1.94. The van der Waals surface area contributed by atoms with Crippen LogP contribution in [0.4, 0.5) is 0 Å². The van der Waals surface area contributed by atoms with Crippen molar-refractivity contribution in [3.63, 3.8) is 0 Å². The number of benzene rings is 1. The molecule has 0 saturated carbocycles. The first-order valence-electron chi connectivity index (χ1n) is 3.88. The van der Waals surface area contributed by atoms with Gasteiger partial charge in [0.05, 0.1) is 0 Å². The van der Waals surface area contributed by atoms with Crippen molar-refractivity contribution in [1.82, 2.24) is 0 Å². The highest BCUT2D eigenvalue weighted by Crippen LogP contribution is 1.98. The number of rotatable bonds is 0. The fraction of sp³-hybridized carbons (Fsp3) is 0.182. The molecule has 0 aromatic heterocycles. The molecular weight excluding hydrogens is 132 g/mol. The third kappa shape index (κ3) is 1.13. The molecule has 0 fully saturated rings. The molecule has 1 aromatic carbocycles. The Morgan fingerprint density at radius 1 is 1.27 bits per heavy atom. The lowest BCUT2D eigenvalue weighted by Crippen LogP contribution is -2.24. The molecule has 0 N–H and O–H groups in total. The summed E-state index contributed by atoms with van der Waals surface area (Å²) < 4.78 is 0. The Morgan fingerprint density at radius 2 is 2.09 bits per heavy atom. The highest BCUT2D eigenvalue weighted by Gasteiger charge is 1.90. The molecule has 0 heterocycles. The van der Waals surface area contributed by atoms with Gasteiger partial charge in [-0.3, -0.25) is 0 Å². The molecule has 1 aromatic rings. The highest BCUT2D eigenvalue weighted by molar-refractivity contribution is 5.42. The van der Waals surface area contributed by atoms with Gasteiger partial charge in [0.1, 0.15) is 0 Å². The fourth-order valence-corrected chi connectivity index (χ4v) is 1.33. The summed E-state index contributed by atoms with van der Waals surface area (Å²) >= 11 is 0. The van der Waals surface area contributed by atoms with Crippen molar-refractivity contribution in [3.8, 4) is 0 Å². The summed E-state index contributed by atoms with van der Waals surface area (Å²) in [6.07, 6.45) is 3.30. The molecule has 0 aliphatic heterocycles. The lowest BCUT2D eigenvalue weighted by molar-refractivity contribution is 1.26. The van der Waals surface area contributed by atoms with Crippen LogP contribution in [0.2, 0.25) is 0 Å². The summed E-state index contributed by atoms with van der Waals surface area (Å²) in [5, 5.41) is 2.55. The Kier molecular flexibility index (Phi) is 1.41. The van der Waals surface area contributed by atoms with Crippen molar-refractivity contribution in [1.29, 1.82) is 0 Å². The minimum absolute atomic E-state index is 1.05. The zero-order valence-corrected chi connectivity index (χ0v) is 6.59. The molecule has 0 saturated heterocycles. The van der Waals surface area contributed by atoms with Gasteiger partial charge in [0.15, 0.2) is 0 Å². The van der Waals surface area contributed by atoms with Gasteiger partial charge in [0.25, 0.3) is 0 Å². The van der Waals surface area contributed by atoms with Crippen molar-refractivity contribution in [2.24, 2.45) is 0 Å². The first kappa shape index (κ1) is 6.45. The molecule has 0 radical (unpaired) electrons. The van der Waals surface area contributed by atoms with E-state index in [0.717, 1.165) is 6.42 Å². The van der Waals surface area contributed by atoms with E-state index in [1.165, 1.54) is 16.0 Å². The topological polar surface area (TPSA) is 0 Å². The largest absolute Gasteiger partial charge is 0.113 e. The van der Waals surface area contributed by atoms with Crippen molar-refractivity contribution >= 4 is 11.8 Å². The zero-order valence-electron chi connectivity index (χ0n) is 6.59. The van der Waals surface area contributed by atoms with Gasteiger partial charge in [-0.1, -0.05) is 24.3 Å². The molecule has 0 atom stereocenters. The van der Waals surface area contributed by atoms with Crippen LogP contribution in [0.15, 0.2) is 29.8 Å². The van der Waals surface area contributed by atoms with E-state index in [2.05, 4.69) is 43.0 Å². The maximum absolute atomic E-state index is 3.35. The van der Waals surface area contributed by atoms with Crippen molar-refractivity contribution < 1.29 is 0 Å². The van der Waals surface area contributed by atoms with Gasteiger partial charge < -0.3 is 0 Å². The summed E-state index contributed by atoms with van der Waals surface area (Å²) in [6, 6.07) is 8.36. The second kappa shape index (κ2) is 2.41. The Morgan fingerprint density at radius 3 is 3.00 bits per heavy atom. The Bertz CT molecular complexity index is 418. The van der Waals surface area contributed by atoms with Crippen LogP contribution < -0.4 is 10.4 Å². The second-order valence-electron chi connectivity index (χ2n) is 2.90. The molecule has 0 heteroatoms. The maximum atomic E-state index is 3.35. The third-order valence-corrected chi connectivity index (χ3v) is 1.94. The van der Waals surface area contributed by atoms with Crippen molar-refractivity contribution in [3.05, 3.63) is 40.3 Å². The first-order valence-corrected chi connectivity index (χ1v) is 3.88. The van der Waals surface area contributed by atoms with E-state index < -0.39 is 0 Å². The van der Waals surface area contributed by atoms with E-state index >= 15 is 0 Å².